The van der Waals surface area contributed by atoms with Crippen LogP contribution in [0.15, 0.2) is 23.2 Å². The van der Waals surface area contributed by atoms with Gasteiger partial charge in [-0.2, -0.15) is 0 Å². The van der Waals surface area contributed by atoms with Gasteiger partial charge in [0.05, 0.1) is 6.54 Å². The minimum absolute atomic E-state index is 0.162. The zero-order valence-electron chi connectivity index (χ0n) is 10.1. The quantitative estimate of drug-likeness (QED) is 0.652. The Labute approximate surface area is 111 Å². The van der Waals surface area contributed by atoms with Crippen LogP contribution in [-0.4, -0.2) is 12.5 Å². The van der Waals surface area contributed by atoms with Crippen LogP contribution >= 0.6 is 11.6 Å². The Balaban J connectivity index is 1.88. The molecule has 0 aromatic heterocycles. The summed E-state index contributed by atoms with van der Waals surface area (Å²) in [6, 6.07) is 4.59. The number of halogens is 2. The van der Waals surface area contributed by atoms with Gasteiger partial charge in [0.1, 0.15) is 5.82 Å². The summed E-state index contributed by atoms with van der Waals surface area (Å²) in [5, 5.41) is 3.44. The molecule has 0 bridgehead atoms. The first-order valence-electron chi connectivity index (χ1n) is 6.13. The first-order chi connectivity index (χ1) is 8.66. The fourth-order valence-corrected chi connectivity index (χ4v) is 2.07. The van der Waals surface area contributed by atoms with E-state index in [9.17, 15) is 4.39 Å². The second kappa shape index (κ2) is 6.05. The third kappa shape index (κ3) is 3.35. The largest absolute Gasteiger partial charge is 0.370 e. The lowest BCUT2D eigenvalue weighted by atomic mass is 9.85. The van der Waals surface area contributed by atoms with Crippen LogP contribution < -0.4 is 11.1 Å². The molecule has 18 heavy (non-hydrogen) atoms. The van der Waals surface area contributed by atoms with Crippen LogP contribution in [0.3, 0.4) is 0 Å². The van der Waals surface area contributed by atoms with Crippen molar-refractivity contribution in [2.24, 2.45) is 16.6 Å². The molecule has 1 aliphatic carbocycles. The third-order valence-electron chi connectivity index (χ3n) is 3.27. The highest BCUT2D eigenvalue weighted by Crippen LogP contribution is 2.25. The van der Waals surface area contributed by atoms with E-state index in [2.05, 4.69) is 10.3 Å². The van der Waals surface area contributed by atoms with Crippen molar-refractivity contribution in [1.29, 1.82) is 0 Å². The van der Waals surface area contributed by atoms with Gasteiger partial charge in [0, 0.05) is 17.1 Å². The SMILES string of the molecule is NC(=NCc1c(F)cccc1Cl)NCC1CCC1. The zero-order chi connectivity index (χ0) is 13.0. The van der Waals surface area contributed by atoms with Gasteiger partial charge in [-0.3, -0.25) is 0 Å². The van der Waals surface area contributed by atoms with E-state index in [0.717, 1.165) is 6.54 Å². The lowest BCUT2D eigenvalue weighted by Gasteiger charge is -2.25. The highest BCUT2D eigenvalue weighted by molar-refractivity contribution is 6.31. The number of nitrogens with zero attached hydrogens (tertiary/aromatic N) is 1. The minimum Gasteiger partial charge on any atom is -0.370 e. The summed E-state index contributed by atoms with van der Waals surface area (Å²) in [5.74, 6) is 0.704. The number of nitrogens with one attached hydrogen (secondary N) is 1. The molecule has 0 aliphatic heterocycles. The van der Waals surface area contributed by atoms with Crippen molar-refractivity contribution in [3.63, 3.8) is 0 Å². The normalized spacial score (nSPS) is 16.4. The van der Waals surface area contributed by atoms with Crippen molar-refractivity contribution >= 4 is 17.6 Å². The fraction of sp³-hybridized carbons (Fsp3) is 0.462. The first-order valence-corrected chi connectivity index (χ1v) is 6.51. The van der Waals surface area contributed by atoms with Crippen molar-refractivity contribution < 1.29 is 4.39 Å². The third-order valence-corrected chi connectivity index (χ3v) is 3.62. The van der Waals surface area contributed by atoms with Gasteiger partial charge < -0.3 is 11.1 Å². The molecule has 1 aromatic carbocycles. The summed E-state index contributed by atoms with van der Waals surface area (Å²) in [5.41, 5.74) is 6.10. The molecule has 0 atom stereocenters. The van der Waals surface area contributed by atoms with Gasteiger partial charge in [-0.1, -0.05) is 24.1 Å². The van der Waals surface area contributed by atoms with E-state index in [4.69, 9.17) is 17.3 Å². The van der Waals surface area contributed by atoms with Crippen LogP contribution in [0, 0.1) is 11.7 Å². The van der Waals surface area contributed by atoms with E-state index in [-0.39, 0.29) is 12.4 Å². The molecule has 0 heterocycles. The predicted octanol–water partition coefficient (Wildman–Crippen LogP) is 2.68. The van der Waals surface area contributed by atoms with Crippen LogP contribution in [-0.2, 0) is 6.54 Å². The van der Waals surface area contributed by atoms with Crippen LogP contribution in [0.25, 0.3) is 0 Å². The molecular formula is C13H17ClFN3. The van der Waals surface area contributed by atoms with Gasteiger partial charge in [-0.05, 0) is 30.9 Å². The second-order valence-corrected chi connectivity index (χ2v) is 4.99. The molecule has 1 fully saturated rings. The van der Waals surface area contributed by atoms with Gasteiger partial charge in [-0.25, -0.2) is 9.38 Å². The van der Waals surface area contributed by atoms with Gasteiger partial charge in [0.2, 0.25) is 0 Å². The Kier molecular flexibility index (Phi) is 4.42. The molecule has 0 amide bonds. The van der Waals surface area contributed by atoms with Crippen molar-refractivity contribution in [2.75, 3.05) is 6.54 Å². The molecule has 0 radical (unpaired) electrons. The lowest BCUT2D eigenvalue weighted by molar-refractivity contribution is 0.315. The number of benzene rings is 1. The highest BCUT2D eigenvalue weighted by atomic mass is 35.5. The van der Waals surface area contributed by atoms with Crippen molar-refractivity contribution in [3.05, 3.63) is 34.6 Å². The molecule has 0 unspecified atom stereocenters. The Bertz CT molecular complexity index is 424. The molecule has 0 spiro atoms. The molecule has 3 N–H and O–H groups in total. The maximum atomic E-state index is 13.5. The van der Waals surface area contributed by atoms with E-state index in [1.807, 2.05) is 0 Å². The molecular weight excluding hydrogens is 253 g/mol. The summed E-state index contributed by atoms with van der Waals surface area (Å²) in [4.78, 5) is 4.11. The van der Waals surface area contributed by atoms with E-state index in [1.165, 1.54) is 25.3 Å². The second-order valence-electron chi connectivity index (χ2n) is 4.58. The minimum atomic E-state index is -0.349. The molecule has 1 saturated carbocycles. The Morgan fingerprint density at radius 3 is 2.89 bits per heavy atom. The average Bonchev–Trinajstić information content (AvgIpc) is 2.26. The molecule has 2 rings (SSSR count). The predicted molar refractivity (Wildman–Crippen MR) is 72.1 cm³/mol. The van der Waals surface area contributed by atoms with Gasteiger partial charge in [0.15, 0.2) is 5.96 Å². The maximum absolute atomic E-state index is 13.5. The standard InChI is InChI=1S/C13H17ClFN3/c14-11-5-2-6-12(15)10(11)8-18-13(16)17-7-9-3-1-4-9/h2,5-6,9H,1,3-4,7-8H2,(H3,16,17,18). The molecule has 0 saturated heterocycles. The maximum Gasteiger partial charge on any atom is 0.188 e. The van der Waals surface area contributed by atoms with Crippen molar-refractivity contribution in [3.8, 4) is 0 Å². The van der Waals surface area contributed by atoms with Crippen LogP contribution in [0.5, 0.6) is 0 Å². The highest BCUT2D eigenvalue weighted by Gasteiger charge is 2.16. The van der Waals surface area contributed by atoms with Gasteiger partial charge >= 0.3 is 0 Å². The lowest BCUT2D eigenvalue weighted by Crippen LogP contribution is -2.37. The number of hydrogen-bond acceptors (Lipinski definition) is 1. The average molecular weight is 270 g/mol. The van der Waals surface area contributed by atoms with Crippen LogP contribution in [0.2, 0.25) is 5.02 Å². The van der Waals surface area contributed by atoms with Crippen molar-refractivity contribution in [1.82, 2.24) is 5.32 Å². The number of guanidine groups is 1. The zero-order valence-corrected chi connectivity index (χ0v) is 10.9. The molecule has 1 aliphatic rings. The van der Waals surface area contributed by atoms with E-state index in [0.29, 0.717) is 22.5 Å². The summed E-state index contributed by atoms with van der Waals surface area (Å²) in [7, 11) is 0. The van der Waals surface area contributed by atoms with E-state index >= 15 is 0 Å². The monoisotopic (exact) mass is 269 g/mol. The fourth-order valence-electron chi connectivity index (χ4n) is 1.85. The molecule has 1 aromatic rings. The van der Waals surface area contributed by atoms with Crippen molar-refractivity contribution in [2.45, 2.75) is 25.8 Å². The Morgan fingerprint density at radius 1 is 1.50 bits per heavy atom. The Morgan fingerprint density at radius 2 is 2.28 bits per heavy atom. The number of nitrogens with two attached hydrogens (primary N) is 1. The van der Waals surface area contributed by atoms with Gasteiger partial charge in [0.25, 0.3) is 0 Å². The number of aliphatic imine (C=N–C) groups is 1. The Hall–Kier alpha value is -1.29. The van der Waals surface area contributed by atoms with Crippen LogP contribution in [0.1, 0.15) is 24.8 Å². The van der Waals surface area contributed by atoms with E-state index in [1.54, 1.807) is 12.1 Å². The summed E-state index contributed by atoms with van der Waals surface area (Å²) >= 11 is 5.90. The topological polar surface area (TPSA) is 50.4 Å². The number of rotatable bonds is 4. The van der Waals surface area contributed by atoms with Gasteiger partial charge in [-0.15, -0.1) is 0 Å². The summed E-state index contributed by atoms with van der Waals surface area (Å²) in [6.07, 6.45) is 3.80. The van der Waals surface area contributed by atoms with E-state index < -0.39 is 0 Å². The summed E-state index contributed by atoms with van der Waals surface area (Å²) < 4.78 is 13.5. The van der Waals surface area contributed by atoms with Crippen LogP contribution in [0.4, 0.5) is 4.39 Å². The molecule has 5 heteroatoms. The summed E-state index contributed by atoms with van der Waals surface area (Å²) in [6.45, 7) is 1.01. The molecule has 3 nitrogen and oxygen atoms in total. The smallest absolute Gasteiger partial charge is 0.188 e. The first kappa shape index (κ1) is 13.1. The number of hydrogen-bond donors (Lipinski definition) is 2. The molecule has 98 valence electrons.